The van der Waals surface area contributed by atoms with Gasteiger partial charge in [0, 0.05) is 5.02 Å². The van der Waals surface area contributed by atoms with E-state index in [0.29, 0.717) is 5.02 Å². The van der Waals surface area contributed by atoms with Crippen molar-refractivity contribution in [3.8, 4) is 0 Å². The van der Waals surface area contributed by atoms with Gasteiger partial charge in [0.1, 0.15) is 0 Å². The third kappa shape index (κ3) is 5.19. The first-order chi connectivity index (χ1) is 8.15. The van der Waals surface area contributed by atoms with Crippen molar-refractivity contribution in [1.82, 2.24) is 0 Å². The van der Waals surface area contributed by atoms with Gasteiger partial charge in [-0.15, -0.1) is 0 Å². The zero-order valence-corrected chi connectivity index (χ0v) is 11.7. The van der Waals surface area contributed by atoms with E-state index in [1.54, 1.807) is 6.07 Å². The summed E-state index contributed by atoms with van der Waals surface area (Å²) in [5.41, 5.74) is 1.93. The van der Waals surface area contributed by atoms with E-state index >= 15 is 0 Å². The number of rotatable bonds is 7. The third-order valence-corrected chi connectivity index (χ3v) is 3.67. The van der Waals surface area contributed by atoms with Gasteiger partial charge in [0.15, 0.2) is 11.1 Å². The Hall–Kier alpha value is -0.380. The van der Waals surface area contributed by atoms with Gasteiger partial charge in [0.05, 0.1) is 5.75 Å². The first-order valence-corrected chi connectivity index (χ1v) is 7.64. The average molecular weight is 275 g/mol. The van der Waals surface area contributed by atoms with Crippen molar-refractivity contribution in [3.63, 3.8) is 0 Å². The molecule has 0 fully saturated rings. The number of unbranched alkanes of at least 4 members (excludes halogenated alkanes) is 3. The van der Waals surface area contributed by atoms with E-state index in [9.17, 15) is 4.21 Å². The van der Waals surface area contributed by atoms with Crippen molar-refractivity contribution in [2.24, 2.45) is 0 Å². The van der Waals surface area contributed by atoms with Crippen LogP contribution in [-0.2, 0) is 23.3 Å². The Bertz CT molecular complexity index is 380. The van der Waals surface area contributed by atoms with Crippen molar-refractivity contribution >= 4 is 22.7 Å². The Labute approximate surface area is 111 Å². The Morgan fingerprint density at radius 3 is 2.71 bits per heavy atom. The van der Waals surface area contributed by atoms with Crippen molar-refractivity contribution < 1.29 is 8.76 Å². The SMILES string of the molecule is CCCCCCc1cccc(Cl)c1CS(=O)O. The smallest absolute Gasteiger partial charge is 0.157 e. The summed E-state index contributed by atoms with van der Waals surface area (Å²) in [6.07, 6.45) is 5.70. The van der Waals surface area contributed by atoms with Crippen LogP contribution in [-0.4, -0.2) is 8.76 Å². The van der Waals surface area contributed by atoms with Gasteiger partial charge in [-0.1, -0.05) is 49.9 Å². The van der Waals surface area contributed by atoms with Crippen LogP contribution < -0.4 is 0 Å². The number of benzene rings is 1. The molecule has 0 bridgehead atoms. The summed E-state index contributed by atoms with van der Waals surface area (Å²) in [6.45, 7) is 2.18. The Morgan fingerprint density at radius 2 is 2.06 bits per heavy atom. The maximum atomic E-state index is 10.9. The van der Waals surface area contributed by atoms with Gasteiger partial charge in [-0.3, -0.25) is 0 Å². The number of hydrogen-bond acceptors (Lipinski definition) is 1. The highest BCUT2D eigenvalue weighted by atomic mass is 35.5. The highest BCUT2D eigenvalue weighted by Crippen LogP contribution is 2.23. The van der Waals surface area contributed by atoms with E-state index in [-0.39, 0.29) is 5.75 Å². The molecule has 1 aromatic rings. The second-order valence-corrected chi connectivity index (χ2v) is 5.49. The second-order valence-electron chi connectivity index (χ2n) is 4.15. The number of halogens is 1. The molecule has 4 heteroatoms. The molecular formula is C13H19ClO2S. The fourth-order valence-corrected chi connectivity index (χ4v) is 2.79. The summed E-state index contributed by atoms with van der Waals surface area (Å²) in [5.74, 6) is 0.128. The standard InChI is InChI=1S/C13H19ClO2S/c1-2-3-4-5-7-11-8-6-9-13(14)12(11)10-17(15)16/h6,8-9H,2-5,7,10H2,1H3,(H,15,16). The van der Waals surface area contributed by atoms with Crippen LogP contribution in [0.1, 0.15) is 43.7 Å². The topological polar surface area (TPSA) is 37.3 Å². The fraction of sp³-hybridized carbons (Fsp3) is 0.538. The maximum absolute atomic E-state index is 10.9. The molecule has 0 saturated carbocycles. The largest absolute Gasteiger partial charge is 0.306 e. The van der Waals surface area contributed by atoms with Gasteiger partial charge in [-0.2, -0.15) is 0 Å². The van der Waals surface area contributed by atoms with E-state index in [1.165, 1.54) is 19.3 Å². The fourth-order valence-electron chi connectivity index (χ4n) is 1.86. The van der Waals surface area contributed by atoms with Crippen molar-refractivity contribution in [2.45, 2.75) is 44.8 Å². The van der Waals surface area contributed by atoms with Gasteiger partial charge in [0.25, 0.3) is 0 Å². The molecule has 2 nitrogen and oxygen atoms in total. The minimum Gasteiger partial charge on any atom is -0.306 e. The minimum absolute atomic E-state index is 0.128. The molecular weight excluding hydrogens is 256 g/mol. The molecule has 0 amide bonds. The minimum atomic E-state index is -1.83. The summed E-state index contributed by atoms with van der Waals surface area (Å²) >= 11 is 4.24. The van der Waals surface area contributed by atoms with E-state index in [2.05, 4.69) is 6.92 Å². The van der Waals surface area contributed by atoms with Crippen LogP contribution in [0.25, 0.3) is 0 Å². The van der Waals surface area contributed by atoms with E-state index in [4.69, 9.17) is 16.2 Å². The van der Waals surface area contributed by atoms with Gasteiger partial charge < -0.3 is 4.55 Å². The van der Waals surface area contributed by atoms with E-state index in [0.717, 1.165) is 24.0 Å². The molecule has 0 saturated heterocycles. The molecule has 1 atom stereocenters. The third-order valence-electron chi connectivity index (χ3n) is 2.78. The first-order valence-electron chi connectivity index (χ1n) is 5.99. The molecule has 0 spiro atoms. The van der Waals surface area contributed by atoms with Crippen LogP contribution >= 0.6 is 11.6 Å². The summed E-state index contributed by atoms with van der Waals surface area (Å²) in [7, 11) is 0. The number of hydrogen-bond donors (Lipinski definition) is 1. The Balaban J connectivity index is 2.69. The van der Waals surface area contributed by atoms with E-state index < -0.39 is 11.1 Å². The number of aryl methyl sites for hydroxylation is 1. The van der Waals surface area contributed by atoms with Gasteiger partial charge in [-0.25, -0.2) is 4.21 Å². The van der Waals surface area contributed by atoms with Gasteiger partial charge in [0.2, 0.25) is 0 Å². The van der Waals surface area contributed by atoms with Crippen LogP contribution in [0.15, 0.2) is 18.2 Å². The Kier molecular flexibility index (Phi) is 6.78. The highest BCUT2D eigenvalue weighted by Gasteiger charge is 2.09. The maximum Gasteiger partial charge on any atom is 0.157 e. The molecule has 96 valence electrons. The summed E-state index contributed by atoms with van der Waals surface area (Å²) < 4.78 is 19.9. The van der Waals surface area contributed by atoms with Gasteiger partial charge >= 0.3 is 0 Å². The zero-order chi connectivity index (χ0) is 12.7. The highest BCUT2D eigenvalue weighted by molar-refractivity contribution is 7.78. The summed E-state index contributed by atoms with van der Waals surface area (Å²) in [6, 6.07) is 5.68. The lowest BCUT2D eigenvalue weighted by molar-refractivity contribution is 0.563. The van der Waals surface area contributed by atoms with Gasteiger partial charge in [-0.05, 0) is 30.0 Å². The molecule has 1 rings (SSSR count). The quantitative estimate of drug-likeness (QED) is 0.598. The zero-order valence-electron chi connectivity index (χ0n) is 10.1. The molecule has 0 radical (unpaired) electrons. The normalized spacial score (nSPS) is 12.6. The predicted octanol–water partition coefficient (Wildman–Crippen LogP) is 4.18. The summed E-state index contributed by atoms with van der Waals surface area (Å²) in [5, 5.41) is 0.598. The van der Waals surface area contributed by atoms with Crippen molar-refractivity contribution in [3.05, 3.63) is 34.3 Å². The lowest BCUT2D eigenvalue weighted by atomic mass is 10.0. The van der Waals surface area contributed by atoms with Crippen molar-refractivity contribution in [2.75, 3.05) is 0 Å². The van der Waals surface area contributed by atoms with Crippen LogP contribution in [0.4, 0.5) is 0 Å². The molecule has 1 aromatic carbocycles. The predicted molar refractivity (Wildman–Crippen MR) is 73.8 cm³/mol. The first kappa shape index (κ1) is 14.7. The second kappa shape index (κ2) is 7.85. The van der Waals surface area contributed by atoms with E-state index in [1.807, 2.05) is 12.1 Å². The lowest BCUT2D eigenvalue weighted by Gasteiger charge is -2.09. The monoisotopic (exact) mass is 274 g/mol. The molecule has 17 heavy (non-hydrogen) atoms. The molecule has 0 aliphatic carbocycles. The van der Waals surface area contributed by atoms with Crippen LogP contribution in [0.2, 0.25) is 5.02 Å². The molecule has 0 aromatic heterocycles. The summed E-state index contributed by atoms with van der Waals surface area (Å²) in [4.78, 5) is 0. The Morgan fingerprint density at radius 1 is 1.29 bits per heavy atom. The molecule has 1 N–H and O–H groups in total. The molecule has 0 aliphatic rings. The lowest BCUT2D eigenvalue weighted by Crippen LogP contribution is -2.00. The average Bonchev–Trinajstić information content (AvgIpc) is 2.28. The van der Waals surface area contributed by atoms with Crippen LogP contribution in [0.5, 0.6) is 0 Å². The van der Waals surface area contributed by atoms with Crippen LogP contribution in [0.3, 0.4) is 0 Å². The molecule has 0 heterocycles. The van der Waals surface area contributed by atoms with Crippen molar-refractivity contribution in [1.29, 1.82) is 0 Å². The molecule has 1 unspecified atom stereocenters. The molecule has 0 aliphatic heterocycles. The van der Waals surface area contributed by atoms with Crippen LogP contribution in [0, 0.1) is 0 Å².